The molecule has 0 saturated carbocycles. The number of Topliss-reactive ketones (excluding diaryl/α,β-unsaturated/α-hetero) is 2. The van der Waals surface area contributed by atoms with Crippen LogP contribution >= 0.6 is 11.8 Å². The van der Waals surface area contributed by atoms with Crippen LogP contribution in [0, 0.1) is 27.7 Å². The highest BCUT2D eigenvalue weighted by molar-refractivity contribution is 7.99. The van der Waals surface area contributed by atoms with Gasteiger partial charge in [0.2, 0.25) is 9.84 Å². The van der Waals surface area contributed by atoms with Crippen LogP contribution in [0.15, 0.2) is 140 Å². The number of ketones is 2. The number of benzene rings is 4. The van der Waals surface area contributed by atoms with Crippen LogP contribution in [-0.2, 0) is 32.3 Å². The minimum absolute atomic E-state index is 0. The Morgan fingerprint density at radius 3 is 1.58 bits per heavy atom. The van der Waals surface area contributed by atoms with Crippen molar-refractivity contribution in [2.45, 2.75) is 94.7 Å². The van der Waals surface area contributed by atoms with Crippen LogP contribution in [0.1, 0.15) is 80.0 Å². The van der Waals surface area contributed by atoms with Crippen LogP contribution in [0.3, 0.4) is 0 Å². The van der Waals surface area contributed by atoms with E-state index in [9.17, 15) is 18.0 Å². The molecule has 6 aromatic rings. The van der Waals surface area contributed by atoms with Crippen molar-refractivity contribution in [2.75, 3.05) is 0 Å². The van der Waals surface area contributed by atoms with Gasteiger partial charge in [-0.3, -0.25) is 19.6 Å². The Balaban J connectivity index is 0.000000211. The molecule has 12 heteroatoms. The van der Waals surface area contributed by atoms with E-state index in [1.807, 2.05) is 44.2 Å². The third-order valence-corrected chi connectivity index (χ3v) is 12.0. The number of rotatable bonds is 6. The summed E-state index contributed by atoms with van der Waals surface area (Å²) >= 11 is 1.50. The molecule has 0 spiro atoms. The minimum atomic E-state index is -3.86. The second-order valence-electron chi connectivity index (χ2n) is 13.8. The average molecular weight is 826 g/mol. The Bertz CT molecular complexity index is 2690. The number of aromatic nitrogens is 4. The number of nitrogens with zero attached hydrogens (tertiary/aromatic N) is 6. The quantitative estimate of drug-likeness (QED) is 0.150. The average Bonchev–Trinajstić information content (AvgIpc) is 3.49. The predicted octanol–water partition coefficient (Wildman–Crippen LogP) is 10.1. The zero-order valence-electron chi connectivity index (χ0n) is 34.1. The van der Waals surface area contributed by atoms with E-state index in [1.165, 1.54) is 47.4 Å². The third kappa shape index (κ3) is 10.8. The van der Waals surface area contributed by atoms with Gasteiger partial charge < -0.3 is 0 Å². The fraction of sp³-hybridized carbons (Fsp3) is 0.234. The van der Waals surface area contributed by atoms with E-state index in [0.29, 0.717) is 42.6 Å². The minimum Gasteiger partial charge on any atom is -0.299 e. The van der Waals surface area contributed by atoms with Crippen LogP contribution in [0.2, 0.25) is 0 Å². The van der Waals surface area contributed by atoms with Gasteiger partial charge in [-0.2, -0.15) is 0 Å². The number of hydrogen-bond acceptors (Lipinski definition) is 11. The summed E-state index contributed by atoms with van der Waals surface area (Å²) in [6.07, 6.45) is 7.50. The van der Waals surface area contributed by atoms with E-state index < -0.39 is 9.84 Å². The lowest BCUT2D eigenvalue weighted by Gasteiger charge is -2.08. The van der Waals surface area contributed by atoms with Crippen molar-refractivity contribution in [1.29, 1.82) is 0 Å². The predicted molar refractivity (Wildman–Crippen MR) is 235 cm³/mol. The zero-order valence-corrected chi connectivity index (χ0v) is 34.7. The zero-order chi connectivity index (χ0) is 42.1. The van der Waals surface area contributed by atoms with Crippen LogP contribution < -0.4 is 0 Å². The maximum atomic E-state index is 12.8. The fourth-order valence-electron chi connectivity index (χ4n) is 6.39. The molecule has 2 aliphatic heterocycles. The Morgan fingerprint density at radius 1 is 0.593 bits per heavy atom. The molecule has 59 heavy (non-hydrogen) atoms. The number of sulfone groups is 1. The molecule has 10 nitrogen and oxygen atoms in total. The Hall–Kier alpha value is -5.98. The van der Waals surface area contributed by atoms with Crippen molar-refractivity contribution in [3.63, 3.8) is 0 Å². The molecule has 0 N–H and O–H groups in total. The van der Waals surface area contributed by atoms with Crippen molar-refractivity contribution >= 4 is 56.0 Å². The Labute approximate surface area is 352 Å². The molecule has 0 saturated heterocycles. The van der Waals surface area contributed by atoms with Crippen LogP contribution in [0.4, 0.5) is 11.4 Å². The van der Waals surface area contributed by atoms with Crippen molar-refractivity contribution in [1.82, 2.24) is 19.9 Å². The first-order valence-electron chi connectivity index (χ1n) is 19.4. The van der Waals surface area contributed by atoms with E-state index in [1.54, 1.807) is 43.6 Å². The van der Waals surface area contributed by atoms with Gasteiger partial charge in [0.15, 0.2) is 5.16 Å². The lowest BCUT2D eigenvalue weighted by Crippen LogP contribution is -2.11. The molecular formula is C47H48N6O4S2. The highest BCUT2D eigenvalue weighted by Crippen LogP contribution is 2.32. The normalized spacial score (nSPS) is 13.5. The summed E-state index contributed by atoms with van der Waals surface area (Å²) < 4.78 is 31.9. The van der Waals surface area contributed by atoms with Gasteiger partial charge in [0.25, 0.3) is 5.16 Å². The maximum absolute atomic E-state index is 12.8. The molecule has 302 valence electrons. The highest BCUT2D eigenvalue weighted by atomic mass is 32.2. The first-order chi connectivity index (χ1) is 28.3. The summed E-state index contributed by atoms with van der Waals surface area (Å²) in [5.41, 5.74) is 11.1. The number of aryl methyl sites for hydroxylation is 4. The SMILES string of the molecule is C.Cc1cc2c(cc1C)N=C(c1cccc(S(=O)(=O)c3ncccn3)c1)CC(=O)C2.Cc1cc2c(cc1C)N=C(c1cccc(Sc3ncccn3)c1)CC(=O)C2.[2H]CC. The Kier molecular flexibility index (Phi) is 14.2. The molecule has 0 amide bonds. The summed E-state index contributed by atoms with van der Waals surface area (Å²) in [7, 11) is -3.86. The van der Waals surface area contributed by atoms with Crippen LogP contribution in [0.25, 0.3) is 0 Å². The first-order valence-corrected chi connectivity index (χ1v) is 21.0. The van der Waals surface area contributed by atoms with Gasteiger partial charge in [0.05, 0.1) is 27.7 Å². The van der Waals surface area contributed by atoms with E-state index in [0.717, 1.165) is 49.8 Å². The molecule has 0 unspecified atom stereocenters. The van der Waals surface area contributed by atoms with Gasteiger partial charge in [-0.1, -0.05) is 57.6 Å². The lowest BCUT2D eigenvalue weighted by atomic mass is 9.99. The number of carbonyl (C=O) groups excluding carboxylic acids is 2. The second kappa shape index (κ2) is 19.6. The molecule has 8 rings (SSSR count). The van der Waals surface area contributed by atoms with Crippen molar-refractivity contribution in [3.05, 3.63) is 154 Å². The van der Waals surface area contributed by atoms with Gasteiger partial charge >= 0.3 is 0 Å². The molecule has 2 aliphatic rings. The number of fused-ring (bicyclic) bond motifs is 2. The van der Waals surface area contributed by atoms with Gasteiger partial charge in [0, 0.05) is 56.7 Å². The Morgan fingerprint density at radius 2 is 1.05 bits per heavy atom. The van der Waals surface area contributed by atoms with Gasteiger partial charge in [-0.25, -0.2) is 28.4 Å². The molecule has 0 atom stereocenters. The highest BCUT2D eigenvalue weighted by Gasteiger charge is 2.24. The summed E-state index contributed by atoms with van der Waals surface area (Å²) in [4.78, 5) is 51.9. The first kappa shape index (κ1) is 42.6. The number of carbonyl (C=O) groups is 2. The van der Waals surface area contributed by atoms with Crippen LogP contribution in [-0.4, -0.2) is 51.3 Å². The number of hydrogen-bond donors (Lipinski definition) is 0. The topological polar surface area (TPSA) is 145 Å². The second-order valence-corrected chi connectivity index (χ2v) is 16.6. The van der Waals surface area contributed by atoms with Crippen molar-refractivity contribution in [3.8, 4) is 0 Å². The van der Waals surface area contributed by atoms with E-state index >= 15 is 0 Å². The molecule has 0 fully saturated rings. The summed E-state index contributed by atoms with van der Waals surface area (Å²) in [5.74, 6) is 0.241. The molecule has 0 bridgehead atoms. The van der Waals surface area contributed by atoms with Crippen molar-refractivity contribution in [2.24, 2.45) is 9.98 Å². The van der Waals surface area contributed by atoms with Crippen LogP contribution in [0.5, 0.6) is 0 Å². The molecular weight excluding hydrogens is 777 g/mol. The summed E-state index contributed by atoms with van der Waals surface area (Å²) in [6, 6.07) is 26.0. The summed E-state index contributed by atoms with van der Waals surface area (Å²) in [6.45, 7) is 10.5. The van der Waals surface area contributed by atoms with Crippen molar-refractivity contribution < 1.29 is 19.4 Å². The molecule has 4 heterocycles. The van der Waals surface area contributed by atoms with Gasteiger partial charge in [-0.05, 0) is 132 Å². The van der Waals surface area contributed by atoms with E-state index in [4.69, 9.17) is 11.4 Å². The molecule has 2 aromatic heterocycles. The van der Waals surface area contributed by atoms with E-state index in [-0.39, 0.29) is 35.5 Å². The maximum Gasteiger partial charge on any atom is 0.251 e. The number of aliphatic imine (C=N–C) groups is 2. The standard InChI is InChI=1S/C22H19N3O3S.C22H19N3OS.C2H6.CH4/c1-14-9-17-11-18(26)13-21(25-20(17)10-15(14)2)16-5-3-6-19(12-16)29(27,28)22-23-7-4-8-24-22;1-14-9-17-11-18(26)13-21(25-20(17)10-15(14)2)16-5-3-6-19(12-16)27-22-23-7-4-8-24-22;1-2;/h3-10,12H,11,13H2,1-2H3;3-10,12H,11,13H2,1-2H3;1-2H3;1H4/i;;1D;. The van der Waals surface area contributed by atoms with E-state index in [2.05, 4.69) is 52.0 Å². The molecule has 0 radical (unpaired) electrons. The molecule has 0 aliphatic carbocycles. The fourth-order valence-corrected chi connectivity index (χ4v) is 8.31. The molecule has 4 aromatic carbocycles. The largest absolute Gasteiger partial charge is 0.299 e. The lowest BCUT2D eigenvalue weighted by molar-refractivity contribution is -0.118. The summed E-state index contributed by atoms with van der Waals surface area (Å²) in [5, 5.41) is 0.442. The monoisotopic (exact) mass is 825 g/mol. The smallest absolute Gasteiger partial charge is 0.251 e. The van der Waals surface area contributed by atoms with Gasteiger partial charge in [0.1, 0.15) is 11.6 Å². The van der Waals surface area contributed by atoms with Gasteiger partial charge in [-0.15, -0.1) is 0 Å². The third-order valence-electron chi connectivity index (χ3n) is 9.58.